The maximum absolute atomic E-state index is 11.5. The Morgan fingerprint density at radius 3 is 2.61 bits per heavy atom. The number of nitrogens with zero attached hydrogens (tertiary/aromatic N) is 3. The molecule has 1 aromatic heterocycles. The van der Waals surface area contributed by atoms with Crippen LogP contribution in [0.15, 0.2) is 46.6 Å². The molecular weight excluding hydrogens is 391 g/mol. The molecule has 2 aromatic rings. The van der Waals surface area contributed by atoms with E-state index in [1.54, 1.807) is 25.2 Å². The third-order valence-corrected chi connectivity index (χ3v) is 3.52. The number of pyridine rings is 1. The second-order valence-corrected chi connectivity index (χ2v) is 6.47. The van der Waals surface area contributed by atoms with E-state index in [-0.39, 0.29) is 41.2 Å². The SMILES string of the molecule is CNCC(=O)Nc1ccc(N=Nc2ccccc2OCOP(=O)(O)O)c(N)n1. The van der Waals surface area contributed by atoms with Crippen molar-refractivity contribution in [1.29, 1.82) is 0 Å². The summed E-state index contributed by atoms with van der Waals surface area (Å²) >= 11 is 0. The van der Waals surface area contributed by atoms with Crippen molar-refractivity contribution < 1.29 is 28.4 Å². The van der Waals surface area contributed by atoms with Crippen molar-refractivity contribution in [3.63, 3.8) is 0 Å². The zero-order valence-corrected chi connectivity index (χ0v) is 15.7. The molecule has 0 radical (unpaired) electrons. The van der Waals surface area contributed by atoms with Crippen molar-refractivity contribution in [3.05, 3.63) is 36.4 Å². The number of phosphoric ester groups is 1. The Bertz CT molecular complexity index is 902. The van der Waals surface area contributed by atoms with Crippen LogP contribution in [0.3, 0.4) is 0 Å². The fourth-order valence-corrected chi connectivity index (χ4v) is 2.09. The van der Waals surface area contributed by atoms with Crippen LogP contribution in [0.1, 0.15) is 0 Å². The number of hydrogen-bond donors (Lipinski definition) is 5. The predicted molar refractivity (Wildman–Crippen MR) is 100 cm³/mol. The molecule has 28 heavy (non-hydrogen) atoms. The highest BCUT2D eigenvalue weighted by atomic mass is 31.2. The van der Waals surface area contributed by atoms with Gasteiger partial charge in [-0.2, -0.15) is 0 Å². The highest BCUT2D eigenvalue weighted by molar-refractivity contribution is 7.46. The Morgan fingerprint density at radius 1 is 1.21 bits per heavy atom. The van der Waals surface area contributed by atoms with Crippen LogP contribution in [0.2, 0.25) is 0 Å². The Labute approximate surface area is 160 Å². The zero-order chi connectivity index (χ0) is 20.6. The molecule has 0 aliphatic carbocycles. The number of amides is 1. The average molecular weight is 410 g/mol. The van der Waals surface area contributed by atoms with Gasteiger partial charge in [-0.15, -0.1) is 10.2 Å². The van der Waals surface area contributed by atoms with Gasteiger partial charge in [-0.3, -0.25) is 4.79 Å². The van der Waals surface area contributed by atoms with Gasteiger partial charge in [0.25, 0.3) is 0 Å². The molecule has 150 valence electrons. The summed E-state index contributed by atoms with van der Waals surface area (Å²) in [7, 11) is -3.00. The summed E-state index contributed by atoms with van der Waals surface area (Å²) in [6.45, 7) is -0.535. The standard InChI is InChI=1S/C15H19N6O6P/c1-17-8-14(22)18-13-7-6-11(15(16)19-13)21-20-10-4-2-3-5-12(10)26-9-27-28(23,24)25/h2-7,17H,8-9H2,1H3,(H2,23,24,25)(H3,16,18,19,22). The smallest absolute Gasteiger partial charge is 0.465 e. The molecule has 1 heterocycles. The lowest BCUT2D eigenvalue weighted by molar-refractivity contribution is -0.115. The molecule has 0 atom stereocenters. The van der Waals surface area contributed by atoms with E-state index >= 15 is 0 Å². The van der Waals surface area contributed by atoms with Gasteiger partial charge in [-0.25, -0.2) is 14.1 Å². The third kappa shape index (κ3) is 7.02. The molecular formula is C15H19N6O6P. The number of rotatable bonds is 9. The van der Waals surface area contributed by atoms with E-state index < -0.39 is 14.6 Å². The molecule has 0 bridgehead atoms. The van der Waals surface area contributed by atoms with Crippen LogP contribution in [0.5, 0.6) is 5.75 Å². The minimum atomic E-state index is -4.64. The minimum Gasteiger partial charge on any atom is -0.465 e. The number of benzene rings is 1. The number of nitrogens with two attached hydrogens (primary N) is 1. The monoisotopic (exact) mass is 410 g/mol. The first kappa shape index (κ1) is 21.4. The lowest BCUT2D eigenvalue weighted by Gasteiger charge is -2.09. The fourth-order valence-electron chi connectivity index (χ4n) is 1.90. The number of likely N-dealkylation sites (N-methyl/N-ethyl adjacent to an activating group) is 1. The van der Waals surface area contributed by atoms with Crippen LogP contribution in [-0.2, 0) is 13.9 Å². The van der Waals surface area contributed by atoms with Gasteiger partial charge in [0, 0.05) is 0 Å². The number of anilines is 2. The maximum atomic E-state index is 11.5. The topological polar surface area (TPSA) is 181 Å². The van der Waals surface area contributed by atoms with Crippen LogP contribution in [0.4, 0.5) is 23.0 Å². The molecule has 0 aliphatic heterocycles. The molecule has 1 amide bonds. The quantitative estimate of drug-likeness (QED) is 0.233. The number of aromatic nitrogens is 1. The average Bonchev–Trinajstić information content (AvgIpc) is 2.61. The highest BCUT2D eigenvalue weighted by Gasteiger charge is 2.14. The minimum absolute atomic E-state index is 0.0502. The molecule has 0 fully saturated rings. The van der Waals surface area contributed by atoms with Gasteiger partial charge in [0.05, 0.1) is 6.54 Å². The van der Waals surface area contributed by atoms with Crippen molar-refractivity contribution in [1.82, 2.24) is 10.3 Å². The molecule has 0 aliphatic rings. The van der Waals surface area contributed by atoms with Crippen LogP contribution in [0.25, 0.3) is 0 Å². The molecule has 0 saturated heterocycles. The van der Waals surface area contributed by atoms with Crippen LogP contribution < -0.4 is 21.1 Å². The Kier molecular flexibility index (Phi) is 7.55. The van der Waals surface area contributed by atoms with Crippen molar-refractivity contribution in [2.45, 2.75) is 0 Å². The van der Waals surface area contributed by atoms with Gasteiger partial charge in [0.1, 0.15) is 22.9 Å². The lowest BCUT2D eigenvalue weighted by atomic mass is 10.3. The van der Waals surface area contributed by atoms with E-state index in [2.05, 4.69) is 30.4 Å². The van der Waals surface area contributed by atoms with Crippen LogP contribution in [0, 0.1) is 0 Å². The summed E-state index contributed by atoms with van der Waals surface area (Å²) in [5.74, 6) is 0.249. The summed E-state index contributed by atoms with van der Waals surface area (Å²) in [5, 5.41) is 13.3. The third-order valence-electron chi connectivity index (χ3n) is 3.07. The van der Waals surface area contributed by atoms with Crippen LogP contribution >= 0.6 is 7.82 Å². The summed E-state index contributed by atoms with van der Waals surface area (Å²) in [4.78, 5) is 32.9. The number of nitrogens with one attached hydrogen (secondary N) is 2. The van der Waals surface area contributed by atoms with Crippen LogP contribution in [-0.4, -0.2) is 41.1 Å². The van der Waals surface area contributed by atoms with Gasteiger partial charge in [0.15, 0.2) is 12.6 Å². The molecule has 0 saturated carbocycles. The van der Waals surface area contributed by atoms with Gasteiger partial charge < -0.3 is 30.9 Å². The second kappa shape index (κ2) is 9.88. The molecule has 0 spiro atoms. The first-order valence-corrected chi connectivity index (χ1v) is 9.36. The lowest BCUT2D eigenvalue weighted by Crippen LogP contribution is -2.25. The van der Waals surface area contributed by atoms with Crippen molar-refractivity contribution in [2.75, 3.05) is 31.4 Å². The van der Waals surface area contributed by atoms with E-state index in [9.17, 15) is 9.36 Å². The maximum Gasteiger partial charge on any atom is 0.472 e. The van der Waals surface area contributed by atoms with Crippen molar-refractivity contribution in [2.24, 2.45) is 10.2 Å². The zero-order valence-electron chi connectivity index (χ0n) is 14.8. The molecule has 1 aromatic carbocycles. The Morgan fingerprint density at radius 2 is 1.93 bits per heavy atom. The first-order valence-electron chi connectivity index (χ1n) is 7.83. The molecule has 6 N–H and O–H groups in total. The first-order chi connectivity index (χ1) is 13.3. The molecule has 13 heteroatoms. The number of carbonyl (C=O) groups is 1. The second-order valence-electron chi connectivity index (χ2n) is 5.23. The van der Waals surface area contributed by atoms with Gasteiger partial charge >= 0.3 is 7.82 Å². The summed E-state index contributed by atoms with van der Waals surface area (Å²) in [6.07, 6.45) is 0. The molecule has 12 nitrogen and oxygen atoms in total. The highest BCUT2D eigenvalue weighted by Crippen LogP contribution is 2.36. The van der Waals surface area contributed by atoms with E-state index in [4.69, 9.17) is 20.3 Å². The number of nitrogen functional groups attached to an aromatic ring is 1. The van der Waals surface area contributed by atoms with E-state index in [1.165, 1.54) is 18.2 Å². The van der Waals surface area contributed by atoms with E-state index in [0.29, 0.717) is 0 Å². The number of ether oxygens (including phenoxy) is 1. The van der Waals surface area contributed by atoms with Gasteiger partial charge in [0.2, 0.25) is 5.91 Å². The van der Waals surface area contributed by atoms with E-state index in [1.807, 2.05) is 0 Å². The van der Waals surface area contributed by atoms with E-state index in [0.717, 1.165) is 0 Å². The molecule has 0 unspecified atom stereocenters. The fraction of sp³-hybridized carbons (Fsp3) is 0.200. The largest absolute Gasteiger partial charge is 0.472 e. The van der Waals surface area contributed by atoms with Crippen molar-refractivity contribution in [3.8, 4) is 5.75 Å². The van der Waals surface area contributed by atoms with Gasteiger partial charge in [-0.1, -0.05) is 12.1 Å². The normalized spacial score (nSPS) is 11.5. The Balaban J connectivity index is 2.09. The predicted octanol–water partition coefficient (Wildman–Crippen LogP) is 1.68. The summed E-state index contributed by atoms with van der Waals surface area (Å²) in [5.41, 5.74) is 6.37. The number of azo groups is 1. The van der Waals surface area contributed by atoms with Gasteiger partial charge in [-0.05, 0) is 31.3 Å². The number of carbonyl (C=O) groups excluding carboxylic acids is 1. The summed E-state index contributed by atoms with van der Waals surface area (Å²) < 4.78 is 20.1. The molecule has 2 rings (SSSR count). The number of hydrogen-bond acceptors (Lipinski definition) is 9. The number of para-hydroxylation sites is 1. The van der Waals surface area contributed by atoms with Crippen molar-refractivity contribution >= 4 is 36.7 Å². The summed E-state index contributed by atoms with van der Waals surface area (Å²) in [6, 6.07) is 9.47. The Hall–Kier alpha value is -2.89. The number of phosphoric acid groups is 1.